The molecule has 2 aliphatic heterocycles. The minimum absolute atomic E-state index is 0.0618. The summed E-state index contributed by atoms with van der Waals surface area (Å²) < 4.78 is 25.2. The molecule has 11 heteroatoms. The van der Waals surface area contributed by atoms with Crippen LogP contribution in [0.3, 0.4) is 0 Å². The van der Waals surface area contributed by atoms with E-state index in [1.54, 1.807) is 7.05 Å². The molecule has 1 amide bonds. The van der Waals surface area contributed by atoms with Crippen molar-refractivity contribution in [3.05, 3.63) is 51.9 Å². The van der Waals surface area contributed by atoms with Gasteiger partial charge >= 0.3 is 0 Å². The summed E-state index contributed by atoms with van der Waals surface area (Å²) in [6.07, 6.45) is 6.20. The molecule has 1 aromatic heterocycles. The Balaban J connectivity index is 1.31. The molecule has 9 nitrogen and oxygen atoms in total. The largest absolute Gasteiger partial charge is 0.366 e. The third-order valence-electron chi connectivity index (χ3n) is 7.79. The molecule has 37 heavy (non-hydrogen) atoms. The van der Waals surface area contributed by atoms with Crippen LogP contribution in [0.5, 0.6) is 0 Å². The number of nitrogens with one attached hydrogen (secondary N) is 1. The van der Waals surface area contributed by atoms with Crippen LogP contribution < -0.4 is 5.32 Å². The number of amides is 1. The van der Waals surface area contributed by atoms with Crippen LogP contribution in [0, 0.1) is 13.8 Å². The minimum atomic E-state index is -3.17. The van der Waals surface area contributed by atoms with Crippen molar-refractivity contribution in [1.29, 1.82) is 0 Å². The molecule has 1 aromatic carbocycles. The van der Waals surface area contributed by atoms with E-state index in [9.17, 15) is 13.2 Å². The maximum atomic E-state index is 13.3. The topological polar surface area (TPSA) is 98.7 Å². The van der Waals surface area contributed by atoms with Crippen molar-refractivity contribution in [2.75, 3.05) is 44.8 Å². The van der Waals surface area contributed by atoms with E-state index in [1.165, 1.54) is 16.9 Å². The van der Waals surface area contributed by atoms with Crippen LogP contribution in [0.2, 0.25) is 5.02 Å². The molecule has 202 valence electrons. The van der Waals surface area contributed by atoms with Crippen molar-refractivity contribution in [3.8, 4) is 0 Å². The second-order valence-electron chi connectivity index (χ2n) is 10.2. The highest BCUT2D eigenvalue weighted by atomic mass is 35.5. The SMILES string of the molecule is Cc1ccc(CNc2ncnc(C(=O)N3CCC(N4CCC(N(C)S(C)(=O)=O)CC4)CC3)c2C)cc1Cl. The first kappa shape index (κ1) is 27.8. The fourth-order valence-electron chi connectivity index (χ4n) is 5.25. The number of piperidine rings is 2. The predicted octanol–water partition coefficient (Wildman–Crippen LogP) is 3.32. The number of carbonyl (C=O) groups excluding carboxylic acids is 1. The molecule has 0 bridgehead atoms. The minimum Gasteiger partial charge on any atom is -0.366 e. The summed E-state index contributed by atoms with van der Waals surface area (Å²) in [4.78, 5) is 26.4. The fraction of sp³-hybridized carbons (Fsp3) is 0.577. The van der Waals surface area contributed by atoms with Crippen molar-refractivity contribution in [1.82, 2.24) is 24.1 Å². The van der Waals surface area contributed by atoms with Gasteiger partial charge in [-0.2, -0.15) is 0 Å². The third-order valence-corrected chi connectivity index (χ3v) is 9.54. The Morgan fingerprint density at radius 3 is 2.41 bits per heavy atom. The molecule has 4 rings (SSSR count). The number of rotatable bonds is 7. The maximum absolute atomic E-state index is 13.3. The number of halogens is 1. The van der Waals surface area contributed by atoms with Gasteiger partial charge in [-0.1, -0.05) is 23.7 Å². The molecule has 3 heterocycles. The molecular weight excluding hydrogens is 512 g/mol. The van der Waals surface area contributed by atoms with Crippen LogP contribution in [0.1, 0.15) is 52.9 Å². The lowest BCUT2D eigenvalue weighted by molar-refractivity contribution is 0.0542. The zero-order chi connectivity index (χ0) is 26.7. The molecule has 0 aliphatic carbocycles. The van der Waals surface area contributed by atoms with Crippen molar-refractivity contribution < 1.29 is 13.2 Å². The molecule has 0 radical (unpaired) electrons. The number of anilines is 1. The molecule has 2 saturated heterocycles. The number of aryl methyl sites for hydroxylation is 1. The average Bonchev–Trinajstić information content (AvgIpc) is 2.89. The third kappa shape index (κ3) is 6.60. The van der Waals surface area contributed by atoms with Crippen LogP contribution in [0.15, 0.2) is 24.5 Å². The Labute approximate surface area is 225 Å². The predicted molar refractivity (Wildman–Crippen MR) is 146 cm³/mol. The van der Waals surface area contributed by atoms with Crippen LogP contribution in [0.25, 0.3) is 0 Å². The average molecular weight is 549 g/mol. The van der Waals surface area contributed by atoms with Gasteiger partial charge in [-0.15, -0.1) is 0 Å². The summed E-state index contributed by atoms with van der Waals surface area (Å²) >= 11 is 6.24. The highest BCUT2D eigenvalue weighted by molar-refractivity contribution is 7.88. The van der Waals surface area contributed by atoms with Gasteiger partial charge in [0, 0.05) is 49.4 Å². The van der Waals surface area contributed by atoms with E-state index in [0.717, 1.165) is 60.5 Å². The number of aromatic nitrogens is 2. The summed E-state index contributed by atoms with van der Waals surface area (Å²) in [7, 11) is -1.49. The van der Waals surface area contributed by atoms with E-state index < -0.39 is 10.0 Å². The lowest BCUT2D eigenvalue weighted by atomic mass is 9.97. The Bertz CT molecular complexity index is 1220. The van der Waals surface area contributed by atoms with Crippen molar-refractivity contribution in [2.24, 2.45) is 0 Å². The normalized spacial score (nSPS) is 18.4. The van der Waals surface area contributed by atoms with Crippen molar-refractivity contribution in [2.45, 2.75) is 58.2 Å². The van der Waals surface area contributed by atoms with Gasteiger partial charge in [0.25, 0.3) is 5.91 Å². The lowest BCUT2D eigenvalue weighted by Crippen LogP contribution is -2.52. The number of hydrogen-bond acceptors (Lipinski definition) is 7. The summed E-state index contributed by atoms with van der Waals surface area (Å²) in [5.41, 5.74) is 3.24. The van der Waals surface area contributed by atoms with Gasteiger partial charge < -0.3 is 15.1 Å². The van der Waals surface area contributed by atoms with Crippen LogP contribution in [-0.2, 0) is 16.6 Å². The quantitative estimate of drug-likeness (QED) is 0.566. The summed E-state index contributed by atoms with van der Waals surface area (Å²) in [6.45, 7) is 7.53. The molecule has 0 spiro atoms. The highest BCUT2D eigenvalue weighted by Crippen LogP contribution is 2.25. The number of nitrogens with zero attached hydrogens (tertiary/aromatic N) is 5. The molecule has 0 saturated carbocycles. The number of hydrogen-bond donors (Lipinski definition) is 1. The first-order chi connectivity index (χ1) is 17.5. The monoisotopic (exact) mass is 548 g/mol. The molecule has 1 N–H and O–H groups in total. The van der Waals surface area contributed by atoms with Gasteiger partial charge in [-0.3, -0.25) is 4.79 Å². The van der Waals surface area contributed by atoms with Crippen LogP contribution >= 0.6 is 11.6 Å². The molecule has 2 fully saturated rings. The first-order valence-corrected chi connectivity index (χ1v) is 15.0. The van der Waals surface area contributed by atoms with Gasteiger partial charge in [0.15, 0.2) is 0 Å². The fourth-order valence-corrected chi connectivity index (χ4v) is 6.20. The van der Waals surface area contributed by atoms with Crippen molar-refractivity contribution in [3.63, 3.8) is 0 Å². The van der Waals surface area contributed by atoms with E-state index >= 15 is 0 Å². The first-order valence-electron chi connectivity index (χ1n) is 12.8. The van der Waals surface area contributed by atoms with Gasteiger partial charge in [-0.25, -0.2) is 22.7 Å². The van der Waals surface area contributed by atoms with E-state index in [0.29, 0.717) is 37.2 Å². The summed E-state index contributed by atoms with van der Waals surface area (Å²) in [5, 5.41) is 4.04. The Morgan fingerprint density at radius 1 is 1.11 bits per heavy atom. The number of carbonyl (C=O) groups is 1. The second kappa shape index (κ2) is 11.6. The van der Waals surface area contributed by atoms with E-state index in [4.69, 9.17) is 11.6 Å². The zero-order valence-corrected chi connectivity index (χ0v) is 23.6. The Morgan fingerprint density at radius 2 is 1.78 bits per heavy atom. The van der Waals surface area contributed by atoms with E-state index in [2.05, 4.69) is 20.2 Å². The van der Waals surface area contributed by atoms with Crippen LogP contribution in [0.4, 0.5) is 5.82 Å². The van der Waals surface area contributed by atoms with Gasteiger partial charge in [0.05, 0.1) is 6.26 Å². The zero-order valence-electron chi connectivity index (χ0n) is 22.1. The van der Waals surface area contributed by atoms with Gasteiger partial charge in [0.2, 0.25) is 10.0 Å². The number of sulfonamides is 1. The lowest BCUT2D eigenvalue weighted by Gasteiger charge is -2.43. The standard InChI is InChI=1S/C26H37ClN6O3S/c1-18-5-6-20(15-23(18)27)16-28-25-19(2)24(29-17-30-25)26(34)33-13-9-22(10-14-33)32-11-7-21(8-12-32)31(3)37(4,35)36/h5-6,15,17,21-22H,7-14,16H2,1-4H3,(H,28,29,30). The van der Waals surface area contributed by atoms with E-state index in [1.807, 2.05) is 36.9 Å². The van der Waals surface area contributed by atoms with Gasteiger partial charge in [-0.05, 0) is 69.8 Å². The summed E-state index contributed by atoms with van der Waals surface area (Å²) in [5.74, 6) is 0.583. The number of benzene rings is 1. The molecule has 2 aliphatic rings. The molecule has 0 atom stereocenters. The van der Waals surface area contributed by atoms with Crippen LogP contribution in [-0.4, -0.2) is 90.0 Å². The summed E-state index contributed by atoms with van der Waals surface area (Å²) in [6, 6.07) is 6.43. The molecular formula is C26H37ClN6O3S. The highest BCUT2D eigenvalue weighted by Gasteiger charge is 2.33. The Kier molecular flexibility index (Phi) is 8.73. The molecule has 2 aromatic rings. The van der Waals surface area contributed by atoms with E-state index in [-0.39, 0.29) is 11.9 Å². The Hall–Kier alpha value is -2.27. The number of likely N-dealkylation sites (tertiary alicyclic amines) is 2. The maximum Gasteiger partial charge on any atom is 0.272 e. The van der Waals surface area contributed by atoms with Crippen molar-refractivity contribution >= 4 is 33.3 Å². The molecule has 0 unspecified atom stereocenters. The smallest absolute Gasteiger partial charge is 0.272 e. The van der Waals surface area contributed by atoms with Gasteiger partial charge in [0.1, 0.15) is 17.8 Å². The second-order valence-corrected chi connectivity index (χ2v) is 12.7.